The van der Waals surface area contributed by atoms with Crippen molar-refractivity contribution < 1.29 is 13.9 Å². The summed E-state index contributed by atoms with van der Waals surface area (Å²) in [5.74, 6) is -0.955. The van der Waals surface area contributed by atoms with Crippen LogP contribution < -0.4 is 5.32 Å². The van der Waals surface area contributed by atoms with E-state index in [9.17, 15) is 9.18 Å². The summed E-state index contributed by atoms with van der Waals surface area (Å²) >= 11 is 0. The lowest BCUT2D eigenvalue weighted by Gasteiger charge is -2.07. The number of ether oxygens (including phenoxy) is 1. The largest absolute Gasteiger partial charge is 0.465 e. The molecule has 0 aliphatic rings. The summed E-state index contributed by atoms with van der Waals surface area (Å²) in [6.45, 7) is 5.61. The Hall–Kier alpha value is -2.17. The lowest BCUT2D eigenvalue weighted by Crippen LogP contribution is -2.05. The summed E-state index contributed by atoms with van der Waals surface area (Å²) in [5, 5.41) is 2.82. The molecule has 1 N–H and O–H groups in total. The van der Waals surface area contributed by atoms with Crippen molar-refractivity contribution in [1.29, 1.82) is 0 Å². The van der Waals surface area contributed by atoms with Gasteiger partial charge < -0.3 is 10.1 Å². The predicted octanol–water partition coefficient (Wildman–Crippen LogP) is 2.98. The second-order valence-corrected chi connectivity index (χ2v) is 3.48. The molecule has 1 rings (SSSR count). The van der Waals surface area contributed by atoms with Gasteiger partial charge in [-0.3, -0.25) is 0 Å². The number of anilines is 1. The molecule has 0 saturated heterocycles. The van der Waals surface area contributed by atoms with Crippen molar-refractivity contribution in [3.8, 4) is 0 Å². The molecule has 0 fully saturated rings. The molecule has 0 atom stereocenters. The van der Waals surface area contributed by atoms with Crippen LogP contribution in [-0.2, 0) is 4.74 Å². The third kappa shape index (κ3) is 3.69. The van der Waals surface area contributed by atoms with Gasteiger partial charge in [0, 0.05) is 11.9 Å². The highest BCUT2D eigenvalue weighted by Crippen LogP contribution is 2.16. The highest BCUT2D eigenvalue weighted by atomic mass is 19.1. The van der Waals surface area contributed by atoms with Crippen LogP contribution in [0.1, 0.15) is 23.7 Å². The number of carbonyl (C=O) groups excluding carboxylic acids is 1. The van der Waals surface area contributed by atoms with E-state index in [2.05, 4.69) is 21.6 Å². The zero-order valence-corrected chi connectivity index (χ0v) is 10.4. The molecule has 0 unspecified atom stereocenters. The fourth-order valence-electron chi connectivity index (χ4n) is 1.27. The molecular weight excluding hydrogens is 235 g/mol. The number of halogens is 1. The van der Waals surface area contributed by atoms with Gasteiger partial charge in [-0.2, -0.15) is 0 Å². The maximum absolute atomic E-state index is 13.6. The summed E-state index contributed by atoms with van der Waals surface area (Å²) < 4.78 is 18.0. The van der Waals surface area contributed by atoms with E-state index in [4.69, 9.17) is 0 Å². The molecule has 0 bridgehead atoms. The van der Waals surface area contributed by atoms with Gasteiger partial charge in [-0.15, -0.1) is 0 Å². The molecule has 18 heavy (non-hydrogen) atoms. The van der Waals surface area contributed by atoms with Crippen molar-refractivity contribution in [3.05, 3.63) is 42.0 Å². The van der Waals surface area contributed by atoms with Gasteiger partial charge >= 0.3 is 5.97 Å². The van der Waals surface area contributed by atoms with Crippen LogP contribution in [0.2, 0.25) is 0 Å². The van der Waals surface area contributed by atoms with Crippen LogP contribution in [0.25, 0.3) is 0 Å². The molecule has 96 valence electrons. The molecule has 0 spiro atoms. The first-order valence-electron chi connectivity index (χ1n) is 5.44. The number of esters is 1. The fourth-order valence-corrected chi connectivity index (χ4v) is 1.27. The van der Waals surface area contributed by atoms with Crippen molar-refractivity contribution in [1.82, 2.24) is 0 Å². The summed E-state index contributed by atoms with van der Waals surface area (Å²) in [4.78, 5) is 15.2. The zero-order chi connectivity index (χ0) is 13.5. The van der Waals surface area contributed by atoms with E-state index >= 15 is 0 Å². The summed E-state index contributed by atoms with van der Waals surface area (Å²) in [6, 6.07) is 4.10. The van der Waals surface area contributed by atoms with E-state index in [0.717, 1.165) is 6.42 Å². The smallest absolute Gasteiger partial charge is 0.340 e. The van der Waals surface area contributed by atoms with Crippen LogP contribution in [0.15, 0.2) is 35.6 Å². The minimum Gasteiger partial charge on any atom is -0.465 e. The Morgan fingerprint density at radius 3 is 2.89 bits per heavy atom. The minimum absolute atomic E-state index is 0.106. The van der Waals surface area contributed by atoms with Gasteiger partial charge in [0.2, 0.25) is 0 Å². The van der Waals surface area contributed by atoms with Crippen LogP contribution in [0.4, 0.5) is 10.1 Å². The minimum atomic E-state index is -0.707. The third-order valence-corrected chi connectivity index (χ3v) is 2.09. The van der Waals surface area contributed by atoms with Crippen LogP contribution >= 0.6 is 0 Å². The van der Waals surface area contributed by atoms with Crippen LogP contribution in [0.5, 0.6) is 0 Å². The van der Waals surface area contributed by atoms with Crippen LogP contribution in [-0.4, -0.2) is 19.3 Å². The molecular formula is C13H15FN2O2. The SMILES string of the molecule is C=C(N=CCC)Nc1ccc(C(=O)OC)c(F)c1. The van der Waals surface area contributed by atoms with Gasteiger partial charge in [0.25, 0.3) is 0 Å². The molecule has 0 amide bonds. The number of hydrogen-bond acceptors (Lipinski definition) is 4. The van der Waals surface area contributed by atoms with Gasteiger partial charge in [0.05, 0.1) is 12.7 Å². The monoisotopic (exact) mass is 250 g/mol. The van der Waals surface area contributed by atoms with Gasteiger partial charge in [-0.05, 0) is 24.6 Å². The predicted molar refractivity (Wildman–Crippen MR) is 69.3 cm³/mol. The Kier molecular flexibility index (Phi) is 5.05. The molecule has 1 aromatic rings. The van der Waals surface area contributed by atoms with E-state index < -0.39 is 11.8 Å². The van der Waals surface area contributed by atoms with E-state index in [1.165, 1.54) is 19.2 Å². The normalized spacial score (nSPS) is 10.4. The van der Waals surface area contributed by atoms with E-state index in [0.29, 0.717) is 11.5 Å². The second kappa shape index (κ2) is 6.54. The van der Waals surface area contributed by atoms with Crippen molar-refractivity contribution in [2.75, 3.05) is 12.4 Å². The average molecular weight is 250 g/mol. The Balaban J connectivity index is 2.82. The number of methoxy groups -OCH3 is 1. The Morgan fingerprint density at radius 2 is 2.33 bits per heavy atom. The molecule has 1 aromatic carbocycles. The fraction of sp³-hybridized carbons (Fsp3) is 0.231. The molecule has 5 heteroatoms. The quantitative estimate of drug-likeness (QED) is 0.645. The van der Waals surface area contributed by atoms with Crippen molar-refractivity contribution >= 4 is 17.9 Å². The van der Waals surface area contributed by atoms with Gasteiger partial charge in [-0.25, -0.2) is 14.2 Å². The van der Waals surface area contributed by atoms with Crippen LogP contribution in [0.3, 0.4) is 0 Å². The lowest BCUT2D eigenvalue weighted by atomic mass is 10.2. The van der Waals surface area contributed by atoms with Crippen molar-refractivity contribution in [3.63, 3.8) is 0 Å². The van der Waals surface area contributed by atoms with E-state index in [-0.39, 0.29) is 5.56 Å². The highest BCUT2D eigenvalue weighted by Gasteiger charge is 2.12. The van der Waals surface area contributed by atoms with Gasteiger partial charge in [0.15, 0.2) is 0 Å². The molecule has 0 aliphatic carbocycles. The standard InChI is InChI=1S/C13H15FN2O2/c1-4-7-15-9(2)16-10-5-6-11(12(14)8-10)13(17)18-3/h5-8,16H,2,4H2,1,3H3. The molecule has 0 saturated carbocycles. The number of aliphatic imine (C=N–C) groups is 1. The van der Waals surface area contributed by atoms with Crippen molar-refractivity contribution in [2.45, 2.75) is 13.3 Å². The van der Waals surface area contributed by atoms with Gasteiger partial charge in [-0.1, -0.05) is 13.5 Å². The topological polar surface area (TPSA) is 50.7 Å². The first kappa shape index (κ1) is 13.9. The first-order chi connectivity index (χ1) is 8.58. The number of hydrogen-bond donors (Lipinski definition) is 1. The van der Waals surface area contributed by atoms with E-state index in [1.807, 2.05) is 6.92 Å². The number of nitrogens with one attached hydrogen (secondary N) is 1. The summed E-state index contributed by atoms with van der Waals surface area (Å²) in [5.41, 5.74) is 0.365. The lowest BCUT2D eigenvalue weighted by molar-refractivity contribution is 0.0595. The first-order valence-corrected chi connectivity index (χ1v) is 5.44. The molecule has 0 aliphatic heterocycles. The maximum Gasteiger partial charge on any atom is 0.340 e. The molecule has 4 nitrogen and oxygen atoms in total. The van der Waals surface area contributed by atoms with Crippen LogP contribution in [0, 0.1) is 5.82 Å². The number of rotatable bonds is 5. The number of nitrogens with zero attached hydrogens (tertiary/aromatic N) is 1. The Labute approximate surface area is 105 Å². The molecule has 0 radical (unpaired) electrons. The highest BCUT2D eigenvalue weighted by molar-refractivity contribution is 5.90. The molecule has 0 heterocycles. The zero-order valence-electron chi connectivity index (χ0n) is 10.4. The average Bonchev–Trinajstić information content (AvgIpc) is 2.35. The molecule has 0 aromatic heterocycles. The third-order valence-electron chi connectivity index (χ3n) is 2.09. The number of benzene rings is 1. The Bertz CT molecular complexity index is 484. The number of carbonyl (C=O) groups is 1. The van der Waals surface area contributed by atoms with E-state index in [1.54, 1.807) is 12.3 Å². The van der Waals surface area contributed by atoms with Gasteiger partial charge in [0.1, 0.15) is 11.6 Å². The maximum atomic E-state index is 13.6. The van der Waals surface area contributed by atoms with Crippen molar-refractivity contribution in [2.24, 2.45) is 4.99 Å². The second-order valence-electron chi connectivity index (χ2n) is 3.48. The summed E-state index contributed by atoms with van der Waals surface area (Å²) in [7, 11) is 1.20. The Morgan fingerprint density at radius 1 is 1.61 bits per heavy atom. The summed E-state index contributed by atoms with van der Waals surface area (Å²) in [6.07, 6.45) is 2.48.